The maximum Gasteiger partial charge on any atom is 0.227 e. The van der Waals surface area contributed by atoms with E-state index in [1.54, 1.807) is 7.11 Å². The number of carbonyl (C=O) groups excluding carboxylic acids is 1. The van der Waals surface area contributed by atoms with Crippen LogP contribution in [0.5, 0.6) is 5.75 Å². The lowest BCUT2D eigenvalue weighted by atomic mass is 10.0. The van der Waals surface area contributed by atoms with Crippen molar-refractivity contribution >= 4 is 23.1 Å². The Hall–Kier alpha value is -3.67. The monoisotopic (exact) mass is 442 g/mol. The summed E-state index contributed by atoms with van der Waals surface area (Å²) in [4.78, 5) is 23.7. The molecule has 4 rings (SSSR count). The number of aryl methyl sites for hydroxylation is 1. The largest absolute Gasteiger partial charge is 0.496 e. The van der Waals surface area contributed by atoms with E-state index < -0.39 is 0 Å². The molecule has 1 N–H and O–H groups in total. The molecule has 1 aromatic heterocycles. The lowest BCUT2D eigenvalue weighted by Gasteiger charge is -2.29. The van der Waals surface area contributed by atoms with E-state index in [0.29, 0.717) is 11.7 Å². The molecule has 2 aromatic carbocycles. The molecule has 0 amide bonds. The van der Waals surface area contributed by atoms with Crippen LogP contribution in [0.15, 0.2) is 61.3 Å². The average Bonchev–Trinajstić information content (AvgIpc) is 2.86. The fraction of sp³-hybridized carbons (Fsp3) is 0.296. The highest BCUT2D eigenvalue weighted by Crippen LogP contribution is 2.30. The molecule has 3 aromatic rings. The summed E-state index contributed by atoms with van der Waals surface area (Å²) in [6, 6.07) is 14.2. The van der Waals surface area contributed by atoms with Gasteiger partial charge in [0.15, 0.2) is 5.78 Å². The molecule has 1 aliphatic rings. The highest BCUT2D eigenvalue weighted by Gasteiger charge is 2.14. The SMILES string of the molecule is C=CC(=O)Cc1cc(-c2nc(Nc3cccc(N4CCCCC4)c3)ncc2C)ccc1OC. The van der Waals surface area contributed by atoms with Crippen molar-refractivity contribution in [2.75, 3.05) is 30.4 Å². The van der Waals surface area contributed by atoms with Gasteiger partial charge in [-0.05, 0) is 74.2 Å². The van der Waals surface area contributed by atoms with Crippen molar-refractivity contribution in [2.45, 2.75) is 32.6 Å². The van der Waals surface area contributed by atoms with Crippen LogP contribution in [0.1, 0.15) is 30.4 Å². The van der Waals surface area contributed by atoms with Crippen LogP contribution in [0.3, 0.4) is 0 Å². The molecule has 6 heteroatoms. The summed E-state index contributed by atoms with van der Waals surface area (Å²) in [7, 11) is 1.60. The summed E-state index contributed by atoms with van der Waals surface area (Å²) >= 11 is 0. The summed E-state index contributed by atoms with van der Waals surface area (Å²) in [6.07, 6.45) is 7.18. The van der Waals surface area contributed by atoms with Crippen LogP contribution in [0.25, 0.3) is 11.3 Å². The van der Waals surface area contributed by atoms with Crippen molar-refractivity contribution in [2.24, 2.45) is 0 Å². The second kappa shape index (κ2) is 10.3. The number of carbonyl (C=O) groups is 1. The molecule has 6 nitrogen and oxygen atoms in total. The number of anilines is 3. The van der Waals surface area contributed by atoms with Crippen LogP contribution in [0.4, 0.5) is 17.3 Å². The molecule has 0 bridgehead atoms. The lowest BCUT2D eigenvalue weighted by molar-refractivity contribution is -0.114. The summed E-state index contributed by atoms with van der Waals surface area (Å²) in [5, 5.41) is 3.36. The Morgan fingerprint density at radius 1 is 1.18 bits per heavy atom. The zero-order chi connectivity index (χ0) is 23.2. The number of allylic oxidation sites excluding steroid dienone is 1. The van der Waals surface area contributed by atoms with E-state index in [1.165, 1.54) is 31.0 Å². The second-order valence-electron chi connectivity index (χ2n) is 8.32. The van der Waals surface area contributed by atoms with Gasteiger partial charge in [-0.2, -0.15) is 0 Å². The number of benzene rings is 2. The molecule has 0 atom stereocenters. The third-order valence-electron chi connectivity index (χ3n) is 5.94. The predicted molar refractivity (Wildman–Crippen MR) is 133 cm³/mol. The fourth-order valence-corrected chi connectivity index (χ4v) is 4.18. The highest BCUT2D eigenvalue weighted by atomic mass is 16.5. The Morgan fingerprint density at radius 2 is 2.00 bits per heavy atom. The minimum atomic E-state index is -0.0548. The topological polar surface area (TPSA) is 67.4 Å². The molecule has 0 radical (unpaired) electrons. The lowest BCUT2D eigenvalue weighted by Crippen LogP contribution is -2.29. The van der Waals surface area contributed by atoms with Crippen molar-refractivity contribution in [1.82, 2.24) is 9.97 Å². The van der Waals surface area contributed by atoms with Crippen LogP contribution >= 0.6 is 0 Å². The Bertz CT molecular complexity index is 1150. The van der Waals surface area contributed by atoms with Gasteiger partial charge >= 0.3 is 0 Å². The van der Waals surface area contributed by atoms with E-state index in [0.717, 1.165) is 41.2 Å². The average molecular weight is 443 g/mol. The Balaban J connectivity index is 1.60. The number of ether oxygens (including phenoxy) is 1. The highest BCUT2D eigenvalue weighted by molar-refractivity contribution is 5.91. The molecule has 0 saturated carbocycles. The molecule has 0 unspecified atom stereocenters. The van der Waals surface area contributed by atoms with E-state index >= 15 is 0 Å². The molecule has 0 aliphatic carbocycles. The van der Waals surface area contributed by atoms with Gasteiger partial charge in [0.25, 0.3) is 0 Å². The van der Waals surface area contributed by atoms with Gasteiger partial charge < -0.3 is 15.0 Å². The summed E-state index contributed by atoms with van der Waals surface area (Å²) in [5.74, 6) is 1.15. The first kappa shape index (κ1) is 22.5. The van der Waals surface area contributed by atoms with Gasteiger partial charge in [0.2, 0.25) is 5.95 Å². The van der Waals surface area contributed by atoms with Gasteiger partial charge in [0.05, 0.1) is 12.8 Å². The quantitative estimate of drug-likeness (QED) is 0.465. The first-order chi connectivity index (χ1) is 16.1. The van der Waals surface area contributed by atoms with E-state index in [2.05, 4.69) is 40.0 Å². The molecule has 1 fully saturated rings. The van der Waals surface area contributed by atoms with Gasteiger partial charge in [-0.1, -0.05) is 12.6 Å². The van der Waals surface area contributed by atoms with Crippen molar-refractivity contribution in [3.63, 3.8) is 0 Å². The van der Waals surface area contributed by atoms with Crippen LogP contribution in [-0.2, 0) is 11.2 Å². The Morgan fingerprint density at radius 3 is 2.76 bits per heavy atom. The van der Waals surface area contributed by atoms with E-state index in [-0.39, 0.29) is 12.2 Å². The predicted octanol–water partition coefficient (Wildman–Crippen LogP) is 5.49. The van der Waals surface area contributed by atoms with E-state index in [4.69, 9.17) is 9.72 Å². The summed E-state index contributed by atoms with van der Waals surface area (Å²) < 4.78 is 5.44. The molecule has 1 aliphatic heterocycles. The molecular formula is C27H30N4O2. The first-order valence-electron chi connectivity index (χ1n) is 11.4. The summed E-state index contributed by atoms with van der Waals surface area (Å²) in [5.41, 5.74) is 5.66. The normalized spacial score (nSPS) is 13.5. The van der Waals surface area contributed by atoms with Crippen molar-refractivity contribution < 1.29 is 9.53 Å². The number of hydrogen-bond donors (Lipinski definition) is 1. The van der Waals surface area contributed by atoms with Crippen molar-refractivity contribution in [3.8, 4) is 17.0 Å². The number of aromatic nitrogens is 2. The smallest absolute Gasteiger partial charge is 0.227 e. The molecule has 1 saturated heterocycles. The Labute approximate surface area is 195 Å². The number of methoxy groups -OCH3 is 1. The zero-order valence-corrected chi connectivity index (χ0v) is 19.3. The molecule has 33 heavy (non-hydrogen) atoms. The van der Waals surface area contributed by atoms with Gasteiger partial charge in [-0.15, -0.1) is 0 Å². The van der Waals surface area contributed by atoms with Gasteiger partial charge in [0, 0.05) is 48.2 Å². The van der Waals surface area contributed by atoms with Gasteiger partial charge in [-0.3, -0.25) is 4.79 Å². The van der Waals surface area contributed by atoms with E-state index in [1.807, 2.05) is 37.4 Å². The third-order valence-corrected chi connectivity index (χ3v) is 5.94. The number of rotatable bonds is 8. The van der Waals surface area contributed by atoms with Crippen molar-refractivity contribution in [1.29, 1.82) is 0 Å². The molecule has 2 heterocycles. The number of piperidine rings is 1. The standard InChI is InChI=1S/C27H30N4O2/c1-4-24(32)16-21-15-20(11-12-25(21)33-3)26-19(2)18-28-27(30-26)29-22-9-8-10-23(17-22)31-13-6-5-7-14-31/h4,8-12,15,17-18H,1,5-7,13-14,16H2,2-3H3,(H,28,29,30). The maximum absolute atomic E-state index is 12.0. The van der Waals surface area contributed by atoms with Crippen LogP contribution in [0, 0.1) is 6.92 Å². The zero-order valence-electron chi connectivity index (χ0n) is 19.3. The maximum atomic E-state index is 12.0. The van der Waals surface area contributed by atoms with E-state index in [9.17, 15) is 4.79 Å². The number of nitrogens with one attached hydrogen (secondary N) is 1. The minimum Gasteiger partial charge on any atom is -0.496 e. The fourth-order valence-electron chi connectivity index (χ4n) is 4.18. The first-order valence-corrected chi connectivity index (χ1v) is 11.4. The van der Waals surface area contributed by atoms with Gasteiger partial charge in [-0.25, -0.2) is 9.97 Å². The Kier molecular flexibility index (Phi) is 7.03. The van der Waals surface area contributed by atoms with Crippen molar-refractivity contribution in [3.05, 3.63) is 72.4 Å². The van der Waals surface area contributed by atoms with Crippen LogP contribution < -0.4 is 15.0 Å². The number of nitrogens with zero attached hydrogens (tertiary/aromatic N) is 3. The van der Waals surface area contributed by atoms with Gasteiger partial charge in [0.1, 0.15) is 5.75 Å². The van der Waals surface area contributed by atoms with Crippen LogP contribution in [-0.4, -0.2) is 36.0 Å². The molecule has 0 spiro atoms. The number of ketones is 1. The molecular weight excluding hydrogens is 412 g/mol. The third kappa shape index (κ3) is 5.40. The minimum absolute atomic E-state index is 0.0548. The molecule has 170 valence electrons. The second-order valence-corrected chi connectivity index (χ2v) is 8.32. The summed E-state index contributed by atoms with van der Waals surface area (Å²) in [6.45, 7) is 7.75. The number of hydrogen-bond acceptors (Lipinski definition) is 6. The van der Waals surface area contributed by atoms with Crippen LogP contribution in [0.2, 0.25) is 0 Å².